The molecule has 0 spiro atoms. The summed E-state index contributed by atoms with van der Waals surface area (Å²) in [5.41, 5.74) is 0. The fourth-order valence-corrected chi connectivity index (χ4v) is 11.9. The van der Waals surface area contributed by atoms with Gasteiger partial charge in [0.05, 0.1) is 26.4 Å². The molecule has 0 bridgehead atoms. The monoisotopic (exact) mass is 1300 g/mol. The van der Waals surface area contributed by atoms with Gasteiger partial charge in [-0.3, -0.25) is 37.3 Å². The lowest BCUT2D eigenvalue weighted by atomic mass is 9.99. The summed E-state index contributed by atoms with van der Waals surface area (Å²) in [4.78, 5) is 72.5. The van der Waals surface area contributed by atoms with Crippen LogP contribution >= 0.6 is 15.6 Å². The highest BCUT2D eigenvalue weighted by Gasteiger charge is 2.30. The predicted octanol–water partition coefficient (Wildman–Crippen LogP) is 19.3. The maximum Gasteiger partial charge on any atom is 0.472 e. The maximum absolute atomic E-state index is 13.0. The van der Waals surface area contributed by atoms with Crippen molar-refractivity contribution in [2.75, 3.05) is 39.6 Å². The maximum atomic E-state index is 13.0. The number of aliphatic hydroxyl groups is 1. The number of phosphoric ester groups is 2. The van der Waals surface area contributed by atoms with Crippen molar-refractivity contribution in [3.8, 4) is 0 Å². The van der Waals surface area contributed by atoms with E-state index in [0.29, 0.717) is 31.6 Å². The van der Waals surface area contributed by atoms with E-state index in [9.17, 15) is 43.2 Å². The van der Waals surface area contributed by atoms with E-state index < -0.39 is 97.5 Å². The van der Waals surface area contributed by atoms with Crippen molar-refractivity contribution in [2.24, 2.45) is 23.7 Å². The lowest BCUT2D eigenvalue weighted by Crippen LogP contribution is -2.30. The number of unbranched alkanes of at least 4 members (excludes halogenated alkanes) is 31. The highest BCUT2D eigenvalue weighted by Crippen LogP contribution is 2.45. The van der Waals surface area contributed by atoms with Gasteiger partial charge in [-0.05, 0) is 49.4 Å². The van der Waals surface area contributed by atoms with Crippen LogP contribution in [0.15, 0.2) is 0 Å². The Bertz CT molecular complexity index is 1750. The number of carbonyl (C=O) groups excluding carboxylic acids is 4. The number of aliphatic hydroxyl groups excluding tert-OH is 1. The van der Waals surface area contributed by atoms with Crippen molar-refractivity contribution >= 4 is 39.5 Å². The topological polar surface area (TPSA) is 237 Å². The van der Waals surface area contributed by atoms with Gasteiger partial charge >= 0.3 is 39.5 Å². The third-order valence-electron chi connectivity index (χ3n) is 16.2. The average Bonchev–Trinajstić information content (AvgIpc) is 3.54. The van der Waals surface area contributed by atoms with Gasteiger partial charge in [-0.1, -0.05) is 287 Å². The zero-order valence-electron chi connectivity index (χ0n) is 57.3. The van der Waals surface area contributed by atoms with Crippen LogP contribution in [0.2, 0.25) is 0 Å². The molecule has 0 aliphatic carbocycles. The molecule has 0 rings (SSSR count). The molecule has 0 saturated heterocycles. The summed E-state index contributed by atoms with van der Waals surface area (Å²) in [7, 11) is -9.90. The second kappa shape index (κ2) is 58.8. The first-order chi connectivity index (χ1) is 42.1. The molecule has 19 heteroatoms. The quantitative estimate of drug-likeness (QED) is 0.0222. The Hall–Kier alpha value is -1.94. The molecule has 522 valence electrons. The molecule has 0 fully saturated rings. The lowest BCUT2D eigenvalue weighted by molar-refractivity contribution is -0.161. The summed E-state index contributed by atoms with van der Waals surface area (Å²) >= 11 is 0. The van der Waals surface area contributed by atoms with Crippen molar-refractivity contribution in [3.63, 3.8) is 0 Å². The Morgan fingerprint density at radius 2 is 0.545 bits per heavy atom. The zero-order valence-corrected chi connectivity index (χ0v) is 59.1. The van der Waals surface area contributed by atoms with Gasteiger partial charge in [0.25, 0.3) is 0 Å². The van der Waals surface area contributed by atoms with E-state index in [4.69, 9.17) is 37.0 Å². The molecule has 0 aliphatic rings. The normalized spacial score (nSPS) is 14.6. The summed E-state index contributed by atoms with van der Waals surface area (Å²) in [6.45, 7) is 14.0. The Morgan fingerprint density at radius 3 is 0.807 bits per heavy atom. The van der Waals surface area contributed by atoms with Gasteiger partial charge in [0.2, 0.25) is 0 Å². The van der Waals surface area contributed by atoms with E-state index in [1.807, 2.05) is 0 Å². The third-order valence-corrected chi connectivity index (χ3v) is 18.1. The van der Waals surface area contributed by atoms with Crippen LogP contribution in [0.4, 0.5) is 0 Å². The van der Waals surface area contributed by atoms with Crippen molar-refractivity contribution in [3.05, 3.63) is 0 Å². The number of esters is 4. The minimum Gasteiger partial charge on any atom is -0.462 e. The van der Waals surface area contributed by atoms with Crippen molar-refractivity contribution < 1.29 is 80.2 Å². The molecule has 0 saturated carbocycles. The van der Waals surface area contributed by atoms with E-state index in [0.717, 1.165) is 114 Å². The Labute approximate surface area is 537 Å². The van der Waals surface area contributed by atoms with Crippen LogP contribution in [-0.2, 0) is 65.4 Å². The highest BCUT2D eigenvalue weighted by atomic mass is 31.2. The Morgan fingerprint density at radius 1 is 0.318 bits per heavy atom. The van der Waals surface area contributed by atoms with Gasteiger partial charge in [0, 0.05) is 25.7 Å². The Balaban J connectivity index is 5.26. The van der Waals surface area contributed by atoms with Crippen LogP contribution in [0.5, 0.6) is 0 Å². The molecule has 0 aromatic heterocycles. The number of rotatable bonds is 66. The van der Waals surface area contributed by atoms with Gasteiger partial charge in [-0.15, -0.1) is 0 Å². The first-order valence-corrected chi connectivity index (χ1v) is 38.7. The van der Waals surface area contributed by atoms with E-state index in [1.165, 1.54) is 135 Å². The summed E-state index contributed by atoms with van der Waals surface area (Å²) in [5, 5.41) is 10.6. The van der Waals surface area contributed by atoms with Crippen LogP contribution in [-0.4, -0.2) is 96.7 Å². The molecule has 3 N–H and O–H groups in total. The number of hydrogen-bond acceptors (Lipinski definition) is 15. The smallest absolute Gasteiger partial charge is 0.462 e. The molecule has 0 aromatic carbocycles. The standard InChI is InChI=1S/C69H134O17P2/c1-9-62(8)48-40-32-23-19-20-26-36-44-52-69(74)86-65(56-80-67(72)50-42-34-28-27-31-39-47-61(6)7)58-84-88(77,78)82-54-63(70)53-81-87(75,76)83-57-64(55-79-66(71)49-41-33-24-17-14-13-16-22-30-38-46-60(4)5)85-68(73)51-43-35-25-18-12-10-11-15-21-29-37-45-59(2)3/h59-65,70H,9-58H2,1-8H3,(H,75,76)(H,77,78)/t62?,63-,64-,65-/m1/s1. The van der Waals surface area contributed by atoms with E-state index >= 15 is 0 Å². The number of phosphoric acid groups is 2. The highest BCUT2D eigenvalue weighted by molar-refractivity contribution is 7.47. The largest absolute Gasteiger partial charge is 0.472 e. The minimum absolute atomic E-state index is 0.103. The van der Waals surface area contributed by atoms with Crippen molar-refractivity contribution in [2.45, 2.75) is 356 Å². The molecule has 88 heavy (non-hydrogen) atoms. The molecular formula is C69H134O17P2. The molecule has 0 aromatic rings. The molecule has 0 heterocycles. The third kappa shape index (κ3) is 61.6. The minimum atomic E-state index is -4.95. The van der Waals surface area contributed by atoms with Crippen LogP contribution in [0.3, 0.4) is 0 Å². The fourth-order valence-electron chi connectivity index (χ4n) is 10.3. The van der Waals surface area contributed by atoms with Crippen molar-refractivity contribution in [1.29, 1.82) is 0 Å². The van der Waals surface area contributed by atoms with Crippen LogP contribution in [0, 0.1) is 23.7 Å². The molecule has 3 unspecified atom stereocenters. The molecule has 17 nitrogen and oxygen atoms in total. The lowest BCUT2D eigenvalue weighted by Gasteiger charge is -2.21. The summed E-state index contributed by atoms with van der Waals surface area (Å²) in [5.74, 6) is 0.840. The molecule has 0 radical (unpaired) electrons. The predicted molar refractivity (Wildman–Crippen MR) is 354 cm³/mol. The number of hydrogen-bond donors (Lipinski definition) is 3. The van der Waals surface area contributed by atoms with E-state index in [1.54, 1.807) is 0 Å². The van der Waals surface area contributed by atoms with Gasteiger partial charge < -0.3 is 33.8 Å². The van der Waals surface area contributed by atoms with Gasteiger partial charge in [-0.2, -0.15) is 0 Å². The fraction of sp³-hybridized carbons (Fsp3) is 0.942. The number of carbonyl (C=O) groups is 4. The second-order valence-electron chi connectivity index (χ2n) is 26.6. The van der Waals surface area contributed by atoms with E-state index in [-0.39, 0.29) is 25.7 Å². The SMILES string of the molecule is CCC(C)CCCCCCCCCCC(=O)O[C@H](COC(=O)CCCCCCCCC(C)C)COP(=O)(O)OC[C@H](O)COP(=O)(O)OC[C@@H](COC(=O)CCCCCCCCCCCCC(C)C)OC(=O)CCCCCCCCCCCCCC(C)C. The summed E-state index contributed by atoms with van der Waals surface area (Å²) in [6, 6.07) is 0. The first kappa shape index (κ1) is 86.1. The second-order valence-corrected chi connectivity index (χ2v) is 29.5. The molecule has 0 amide bonds. The average molecular weight is 1300 g/mol. The van der Waals surface area contributed by atoms with Crippen LogP contribution in [0.25, 0.3) is 0 Å². The van der Waals surface area contributed by atoms with Gasteiger partial charge in [0.1, 0.15) is 19.3 Å². The summed E-state index contributed by atoms with van der Waals surface area (Å²) in [6.07, 6.45) is 40.4. The van der Waals surface area contributed by atoms with Gasteiger partial charge in [-0.25, -0.2) is 9.13 Å². The molecule has 0 aliphatic heterocycles. The van der Waals surface area contributed by atoms with E-state index in [2.05, 4.69) is 55.4 Å². The molecular weight excluding hydrogens is 1160 g/mol. The van der Waals surface area contributed by atoms with Crippen LogP contribution < -0.4 is 0 Å². The molecule has 6 atom stereocenters. The van der Waals surface area contributed by atoms with Crippen LogP contribution in [0.1, 0.15) is 338 Å². The Kier molecular flexibility index (Phi) is 57.6. The first-order valence-electron chi connectivity index (χ1n) is 35.7. The van der Waals surface area contributed by atoms with Gasteiger partial charge in [0.15, 0.2) is 12.2 Å². The number of ether oxygens (including phenoxy) is 4. The van der Waals surface area contributed by atoms with Crippen molar-refractivity contribution in [1.82, 2.24) is 0 Å². The summed E-state index contributed by atoms with van der Waals surface area (Å²) < 4.78 is 68.2. The zero-order chi connectivity index (χ0) is 65.4.